The molecule has 0 aliphatic heterocycles. The Kier molecular flexibility index (Phi) is 3.25. The molecule has 0 saturated heterocycles. The van der Waals surface area contributed by atoms with E-state index < -0.39 is 0 Å². The summed E-state index contributed by atoms with van der Waals surface area (Å²) in [4.78, 5) is 0. The Hall–Kier alpha value is -4.70. The van der Waals surface area contributed by atoms with E-state index in [-0.39, 0.29) is 0 Å². The fourth-order valence-corrected chi connectivity index (χ4v) is 5.61. The topological polar surface area (TPSA) is 49.0 Å². The molecule has 0 aliphatic carbocycles. The lowest BCUT2D eigenvalue weighted by atomic mass is 10.1. The summed E-state index contributed by atoms with van der Waals surface area (Å²) in [6.07, 6.45) is 0. The summed E-state index contributed by atoms with van der Waals surface area (Å²) < 4.78 is 10.6. The van der Waals surface area contributed by atoms with Gasteiger partial charge in [-0.2, -0.15) is 0 Å². The third-order valence-electron chi connectivity index (χ3n) is 7.12. The lowest BCUT2D eigenvalue weighted by molar-refractivity contribution is 0.671. The standard InChI is InChI=1S/C30H19N3O/c31-33-25-12-6-4-10-19(25)23-16-24-21-14-15-22-20-11-5-7-13-28(20)34-30(22)29(21)32(26(24)17-27(23)33)18-8-2-1-3-9-18/h1-17H,31H2. The van der Waals surface area contributed by atoms with Gasteiger partial charge in [0.25, 0.3) is 0 Å². The Morgan fingerprint density at radius 1 is 0.529 bits per heavy atom. The molecule has 5 aromatic carbocycles. The van der Waals surface area contributed by atoms with Gasteiger partial charge in [-0.15, -0.1) is 0 Å². The van der Waals surface area contributed by atoms with Crippen LogP contribution in [0.25, 0.3) is 71.2 Å². The van der Waals surface area contributed by atoms with Crippen LogP contribution in [0.3, 0.4) is 0 Å². The van der Waals surface area contributed by atoms with Crippen LogP contribution < -0.4 is 5.84 Å². The molecule has 0 amide bonds. The number of furan rings is 1. The van der Waals surface area contributed by atoms with E-state index in [9.17, 15) is 0 Å². The lowest BCUT2D eigenvalue weighted by Gasteiger charge is -2.08. The average Bonchev–Trinajstić information content (AvgIpc) is 3.52. The van der Waals surface area contributed by atoms with Crippen molar-refractivity contribution in [3.8, 4) is 5.69 Å². The molecule has 0 radical (unpaired) electrons. The minimum Gasteiger partial charge on any atom is -0.454 e. The predicted octanol–water partition coefficient (Wildman–Crippen LogP) is 7.50. The monoisotopic (exact) mass is 437 g/mol. The molecule has 0 bridgehead atoms. The molecular weight excluding hydrogens is 418 g/mol. The van der Waals surface area contributed by atoms with Gasteiger partial charge in [-0.25, -0.2) is 0 Å². The number of para-hydroxylation sites is 3. The quantitative estimate of drug-likeness (QED) is 0.270. The molecule has 4 nitrogen and oxygen atoms in total. The van der Waals surface area contributed by atoms with Gasteiger partial charge in [0.15, 0.2) is 5.58 Å². The number of rotatable bonds is 1. The molecule has 3 aromatic heterocycles. The van der Waals surface area contributed by atoms with Gasteiger partial charge in [0.1, 0.15) is 5.58 Å². The normalized spacial score (nSPS) is 12.2. The van der Waals surface area contributed by atoms with E-state index in [0.29, 0.717) is 0 Å². The van der Waals surface area contributed by atoms with Crippen molar-refractivity contribution in [3.63, 3.8) is 0 Å². The van der Waals surface area contributed by atoms with Crippen LogP contribution in [-0.4, -0.2) is 9.24 Å². The Morgan fingerprint density at radius 3 is 2.12 bits per heavy atom. The van der Waals surface area contributed by atoms with E-state index in [1.54, 1.807) is 4.68 Å². The summed E-state index contributed by atoms with van der Waals surface area (Å²) in [5.74, 6) is 6.58. The molecule has 0 spiro atoms. The van der Waals surface area contributed by atoms with Gasteiger partial charge in [0, 0.05) is 38.0 Å². The van der Waals surface area contributed by atoms with Crippen molar-refractivity contribution < 1.29 is 4.42 Å². The number of nitrogen functional groups attached to an aromatic ring is 1. The summed E-state index contributed by atoms with van der Waals surface area (Å²) >= 11 is 0. The first-order valence-electron chi connectivity index (χ1n) is 11.4. The fraction of sp³-hybridized carbons (Fsp3) is 0. The molecule has 0 unspecified atom stereocenters. The fourth-order valence-electron chi connectivity index (χ4n) is 5.61. The van der Waals surface area contributed by atoms with Crippen LogP contribution in [-0.2, 0) is 0 Å². The van der Waals surface area contributed by atoms with E-state index in [2.05, 4.69) is 83.4 Å². The smallest absolute Gasteiger partial charge is 0.160 e. The third kappa shape index (κ3) is 2.12. The summed E-state index contributed by atoms with van der Waals surface area (Å²) in [6.45, 7) is 0. The number of aromatic nitrogens is 2. The molecule has 3 heterocycles. The maximum absolute atomic E-state index is 6.58. The van der Waals surface area contributed by atoms with Crippen LogP contribution in [0.1, 0.15) is 0 Å². The molecule has 0 fully saturated rings. The van der Waals surface area contributed by atoms with Crippen LogP contribution in [0.15, 0.2) is 108 Å². The highest BCUT2D eigenvalue weighted by atomic mass is 16.3. The first kappa shape index (κ1) is 17.8. The van der Waals surface area contributed by atoms with Crippen LogP contribution >= 0.6 is 0 Å². The molecule has 2 N–H and O–H groups in total. The minimum atomic E-state index is 0.902. The van der Waals surface area contributed by atoms with E-state index in [0.717, 1.165) is 60.5 Å². The van der Waals surface area contributed by atoms with Gasteiger partial charge >= 0.3 is 0 Å². The van der Waals surface area contributed by atoms with Crippen LogP contribution in [0, 0.1) is 0 Å². The molecule has 0 atom stereocenters. The van der Waals surface area contributed by atoms with E-state index in [1.165, 1.54) is 10.8 Å². The Labute approximate surface area is 194 Å². The summed E-state index contributed by atoms with van der Waals surface area (Å²) in [5, 5.41) is 6.93. The highest BCUT2D eigenvalue weighted by molar-refractivity contribution is 6.24. The number of hydrogen-bond donors (Lipinski definition) is 1. The third-order valence-corrected chi connectivity index (χ3v) is 7.12. The van der Waals surface area contributed by atoms with Crippen molar-refractivity contribution in [1.82, 2.24) is 9.24 Å². The Balaban J connectivity index is 1.65. The predicted molar refractivity (Wildman–Crippen MR) is 141 cm³/mol. The second-order valence-corrected chi connectivity index (χ2v) is 8.88. The van der Waals surface area contributed by atoms with Crippen LogP contribution in [0.5, 0.6) is 0 Å². The minimum absolute atomic E-state index is 0.902. The second kappa shape index (κ2) is 6.21. The van der Waals surface area contributed by atoms with Gasteiger partial charge in [0.2, 0.25) is 0 Å². The first-order chi connectivity index (χ1) is 16.8. The first-order valence-corrected chi connectivity index (χ1v) is 11.4. The van der Waals surface area contributed by atoms with Crippen LogP contribution in [0.2, 0.25) is 0 Å². The molecule has 34 heavy (non-hydrogen) atoms. The van der Waals surface area contributed by atoms with Gasteiger partial charge in [-0.3, -0.25) is 4.68 Å². The van der Waals surface area contributed by atoms with Crippen molar-refractivity contribution in [1.29, 1.82) is 0 Å². The van der Waals surface area contributed by atoms with Gasteiger partial charge in [-0.1, -0.05) is 60.7 Å². The molecule has 4 heteroatoms. The number of nitrogens with two attached hydrogens (primary N) is 1. The number of nitrogens with zero attached hydrogens (tertiary/aromatic N) is 2. The lowest BCUT2D eigenvalue weighted by Crippen LogP contribution is -2.06. The highest BCUT2D eigenvalue weighted by Gasteiger charge is 2.20. The molecule has 160 valence electrons. The van der Waals surface area contributed by atoms with Crippen molar-refractivity contribution in [2.45, 2.75) is 0 Å². The van der Waals surface area contributed by atoms with Crippen molar-refractivity contribution in [2.75, 3.05) is 5.84 Å². The maximum atomic E-state index is 6.58. The largest absolute Gasteiger partial charge is 0.454 e. The van der Waals surface area contributed by atoms with Gasteiger partial charge in [0.05, 0.1) is 22.1 Å². The van der Waals surface area contributed by atoms with E-state index >= 15 is 0 Å². The second-order valence-electron chi connectivity index (χ2n) is 8.88. The molecule has 0 aliphatic rings. The van der Waals surface area contributed by atoms with Crippen molar-refractivity contribution >= 4 is 65.6 Å². The number of benzene rings is 5. The SMILES string of the molecule is Nn1c2ccccc2c2cc3c4ccc5c6ccccc6oc5c4n(-c4ccccc4)c3cc21. The van der Waals surface area contributed by atoms with Gasteiger partial charge in [-0.05, 0) is 42.5 Å². The van der Waals surface area contributed by atoms with Crippen LogP contribution in [0.4, 0.5) is 0 Å². The Morgan fingerprint density at radius 2 is 1.24 bits per heavy atom. The maximum Gasteiger partial charge on any atom is 0.160 e. The van der Waals surface area contributed by atoms with Crippen molar-refractivity contribution in [3.05, 3.63) is 103 Å². The summed E-state index contributed by atoms with van der Waals surface area (Å²) in [7, 11) is 0. The van der Waals surface area contributed by atoms with Gasteiger partial charge < -0.3 is 14.8 Å². The zero-order valence-corrected chi connectivity index (χ0v) is 18.2. The zero-order chi connectivity index (χ0) is 22.4. The summed E-state index contributed by atoms with van der Waals surface area (Å²) in [6, 6.07) is 35.9. The van der Waals surface area contributed by atoms with E-state index in [1.807, 2.05) is 24.3 Å². The molecule has 8 rings (SSSR count). The zero-order valence-electron chi connectivity index (χ0n) is 18.2. The summed E-state index contributed by atoms with van der Waals surface area (Å²) in [5.41, 5.74) is 7.12. The number of hydrogen-bond acceptors (Lipinski definition) is 2. The molecule has 8 aromatic rings. The average molecular weight is 438 g/mol. The molecule has 0 saturated carbocycles. The Bertz CT molecular complexity index is 2070. The van der Waals surface area contributed by atoms with E-state index in [4.69, 9.17) is 10.3 Å². The van der Waals surface area contributed by atoms with Crippen molar-refractivity contribution in [2.24, 2.45) is 0 Å². The molecular formula is C30H19N3O. The number of fused-ring (bicyclic) bond motifs is 10. The highest BCUT2D eigenvalue weighted by Crippen LogP contribution is 2.42.